The average Bonchev–Trinajstić information content (AvgIpc) is 2.52. The van der Waals surface area contributed by atoms with Crippen LogP contribution in [0.4, 0.5) is 0 Å². The third-order valence-corrected chi connectivity index (χ3v) is 6.58. The Balaban J connectivity index is 1.74. The third-order valence-electron chi connectivity index (χ3n) is 4.60. The minimum Gasteiger partial charge on any atom is -0.0888 e. The fourth-order valence-electron chi connectivity index (χ4n) is 3.41. The van der Waals surface area contributed by atoms with Gasteiger partial charge in [0.15, 0.2) is 0 Å². The van der Waals surface area contributed by atoms with Crippen molar-refractivity contribution in [3.63, 3.8) is 0 Å². The Hall–Kier alpha value is -0.600. The number of halogens is 2. The summed E-state index contributed by atoms with van der Waals surface area (Å²) in [4.78, 5) is 0.643. The Morgan fingerprint density at radius 1 is 0.905 bits per heavy atom. The molecule has 1 aliphatic rings. The van der Waals surface area contributed by atoms with E-state index in [1.165, 1.54) is 34.9 Å². The molecule has 0 radical (unpaired) electrons. The lowest BCUT2D eigenvalue weighted by atomic mass is 9.76. The highest BCUT2D eigenvalue weighted by molar-refractivity contribution is 9.10. The summed E-state index contributed by atoms with van der Waals surface area (Å²) in [6.45, 7) is 0. The Morgan fingerprint density at radius 2 is 1.62 bits per heavy atom. The van der Waals surface area contributed by atoms with Crippen LogP contribution in [0.2, 0.25) is 0 Å². The van der Waals surface area contributed by atoms with Gasteiger partial charge in [0.25, 0.3) is 0 Å². The van der Waals surface area contributed by atoms with Crippen LogP contribution in [0.25, 0.3) is 0 Å². The van der Waals surface area contributed by atoms with Crippen molar-refractivity contribution in [1.29, 1.82) is 0 Å². The van der Waals surface area contributed by atoms with Crippen LogP contribution in [0.1, 0.15) is 36.3 Å². The van der Waals surface area contributed by atoms with Gasteiger partial charge in [-0.1, -0.05) is 80.4 Å². The molecule has 0 aromatic heterocycles. The van der Waals surface area contributed by atoms with Crippen LogP contribution in [-0.2, 0) is 6.42 Å². The molecule has 0 aliphatic heterocycles. The maximum atomic E-state index is 3.92. The predicted molar refractivity (Wildman–Crippen MR) is 97.1 cm³/mol. The summed E-state index contributed by atoms with van der Waals surface area (Å²) in [5, 5.41) is 0. The molecule has 0 N–H and O–H groups in total. The molecule has 2 aromatic rings. The first-order chi connectivity index (χ1) is 10.2. The molecule has 0 heterocycles. The molecular formula is C19H20Br2. The van der Waals surface area contributed by atoms with E-state index in [1.54, 1.807) is 0 Å². The topological polar surface area (TPSA) is 0 Å². The molecule has 1 aliphatic carbocycles. The van der Waals surface area contributed by atoms with E-state index in [4.69, 9.17) is 0 Å². The first-order valence-electron chi connectivity index (χ1n) is 7.66. The van der Waals surface area contributed by atoms with Crippen molar-refractivity contribution in [2.75, 3.05) is 0 Å². The molecule has 110 valence electrons. The van der Waals surface area contributed by atoms with Crippen molar-refractivity contribution in [3.8, 4) is 0 Å². The van der Waals surface area contributed by atoms with E-state index in [1.807, 2.05) is 0 Å². The first kappa shape index (κ1) is 15.3. The number of rotatable bonds is 3. The van der Waals surface area contributed by atoms with Crippen LogP contribution in [-0.4, -0.2) is 4.83 Å². The zero-order valence-electron chi connectivity index (χ0n) is 12.0. The molecule has 3 rings (SSSR count). The molecule has 0 nitrogen and oxygen atoms in total. The second kappa shape index (κ2) is 7.11. The maximum absolute atomic E-state index is 3.92. The van der Waals surface area contributed by atoms with E-state index >= 15 is 0 Å². The fourth-order valence-corrected chi connectivity index (χ4v) is 4.53. The van der Waals surface area contributed by atoms with Crippen molar-refractivity contribution in [2.45, 2.75) is 36.4 Å². The molecule has 0 saturated heterocycles. The molecule has 0 amide bonds. The van der Waals surface area contributed by atoms with E-state index in [9.17, 15) is 0 Å². The van der Waals surface area contributed by atoms with Crippen LogP contribution in [0.3, 0.4) is 0 Å². The van der Waals surface area contributed by atoms with Crippen molar-refractivity contribution in [3.05, 3.63) is 70.2 Å². The molecule has 1 saturated carbocycles. The molecule has 3 atom stereocenters. The highest BCUT2D eigenvalue weighted by atomic mass is 79.9. The lowest BCUT2D eigenvalue weighted by molar-refractivity contribution is 0.335. The van der Waals surface area contributed by atoms with Gasteiger partial charge >= 0.3 is 0 Å². The highest BCUT2D eigenvalue weighted by Gasteiger charge is 2.29. The minimum atomic E-state index is 0.643. The molecule has 21 heavy (non-hydrogen) atoms. The lowest BCUT2D eigenvalue weighted by Crippen LogP contribution is -2.26. The zero-order chi connectivity index (χ0) is 14.7. The Labute approximate surface area is 144 Å². The SMILES string of the molecule is Brc1ccccc1CC1CC(c2ccccc2)CCC1Br. The van der Waals surface area contributed by atoms with Crippen molar-refractivity contribution in [2.24, 2.45) is 5.92 Å². The van der Waals surface area contributed by atoms with Crippen LogP contribution < -0.4 is 0 Å². The molecule has 0 spiro atoms. The van der Waals surface area contributed by atoms with Gasteiger partial charge in [0.1, 0.15) is 0 Å². The Kier molecular flexibility index (Phi) is 5.18. The van der Waals surface area contributed by atoms with Gasteiger partial charge in [-0.05, 0) is 54.7 Å². The number of hydrogen-bond donors (Lipinski definition) is 0. The monoisotopic (exact) mass is 406 g/mol. The van der Waals surface area contributed by atoms with Gasteiger partial charge in [-0.2, -0.15) is 0 Å². The van der Waals surface area contributed by atoms with E-state index in [2.05, 4.69) is 86.5 Å². The zero-order valence-corrected chi connectivity index (χ0v) is 15.2. The summed E-state index contributed by atoms with van der Waals surface area (Å²) in [7, 11) is 0. The largest absolute Gasteiger partial charge is 0.0888 e. The van der Waals surface area contributed by atoms with E-state index in [-0.39, 0.29) is 0 Å². The predicted octanol–water partition coefficient (Wildman–Crippen LogP) is 6.34. The van der Waals surface area contributed by atoms with Gasteiger partial charge in [0.05, 0.1) is 0 Å². The average molecular weight is 408 g/mol. The molecule has 2 heteroatoms. The first-order valence-corrected chi connectivity index (χ1v) is 9.37. The van der Waals surface area contributed by atoms with Crippen LogP contribution in [0.15, 0.2) is 59.1 Å². The van der Waals surface area contributed by atoms with E-state index in [0.717, 1.165) is 6.42 Å². The minimum absolute atomic E-state index is 0.643. The summed E-state index contributed by atoms with van der Waals surface area (Å²) >= 11 is 7.61. The van der Waals surface area contributed by atoms with Gasteiger partial charge in [0, 0.05) is 9.30 Å². The summed E-state index contributed by atoms with van der Waals surface area (Å²) < 4.78 is 1.24. The van der Waals surface area contributed by atoms with Gasteiger partial charge in [-0.15, -0.1) is 0 Å². The normalized spacial score (nSPS) is 25.7. The number of hydrogen-bond acceptors (Lipinski definition) is 0. The van der Waals surface area contributed by atoms with E-state index < -0.39 is 0 Å². The van der Waals surface area contributed by atoms with Gasteiger partial charge in [-0.3, -0.25) is 0 Å². The van der Waals surface area contributed by atoms with Crippen molar-refractivity contribution < 1.29 is 0 Å². The summed E-state index contributed by atoms with van der Waals surface area (Å²) in [6.07, 6.45) is 5.00. The Morgan fingerprint density at radius 3 is 2.38 bits per heavy atom. The molecule has 1 fully saturated rings. The smallest absolute Gasteiger partial charge is 0.0207 e. The lowest BCUT2D eigenvalue weighted by Gasteiger charge is -2.34. The highest BCUT2D eigenvalue weighted by Crippen LogP contribution is 2.41. The number of alkyl halides is 1. The molecular weight excluding hydrogens is 388 g/mol. The van der Waals surface area contributed by atoms with E-state index in [0.29, 0.717) is 16.7 Å². The molecule has 2 aromatic carbocycles. The van der Waals surface area contributed by atoms with Crippen molar-refractivity contribution >= 4 is 31.9 Å². The van der Waals surface area contributed by atoms with Crippen LogP contribution >= 0.6 is 31.9 Å². The second-order valence-corrected chi connectivity index (χ2v) is 8.02. The Bertz CT molecular complexity index is 579. The molecule has 0 bridgehead atoms. The summed E-state index contributed by atoms with van der Waals surface area (Å²) in [5.41, 5.74) is 2.94. The fraction of sp³-hybridized carbons (Fsp3) is 0.368. The van der Waals surface area contributed by atoms with Gasteiger partial charge in [0.2, 0.25) is 0 Å². The maximum Gasteiger partial charge on any atom is 0.0207 e. The summed E-state index contributed by atoms with van der Waals surface area (Å²) in [5.74, 6) is 1.43. The summed E-state index contributed by atoms with van der Waals surface area (Å²) in [6, 6.07) is 19.6. The number of benzene rings is 2. The standard InChI is InChI=1S/C19H20Br2/c20-18-9-5-4-8-16(18)13-17-12-15(10-11-19(17)21)14-6-2-1-3-7-14/h1-9,15,17,19H,10-13H2. The van der Waals surface area contributed by atoms with Gasteiger partial charge in [-0.25, -0.2) is 0 Å². The molecule has 3 unspecified atom stereocenters. The van der Waals surface area contributed by atoms with Crippen LogP contribution in [0, 0.1) is 5.92 Å². The van der Waals surface area contributed by atoms with Crippen LogP contribution in [0.5, 0.6) is 0 Å². The third kappa shape index (κ3) is 3.78. The second-order valence-electron chi connectivity index (χ2n) is 5.99. The quantitative estimate of drug-likeness (QED) is 0.520. The van der Waals surface area contributed by atoms with Crippen molar-refractivity contribution in [1.82, 2.24) is 0 Å². The van der Waals surface area contributed by atoms with Gasteiger partial charge < -0.3 is 0 Å².